The minimum atomic E-state index is 0.314. The molecule has 4 nitrogen and oxygen atoms in total. The van der Waals surface area contributed by atoms with Gasteiger partial charge in [-0.15, -0.1) is 0 Å². The van der Waals surface area contributed by atoms with Crippen molar-refractivity contribution in [3.05, 3.63) is 46.6 Å². The van der Waals surface area contributed by atoms with Crippen LogP contribution in [0.25, 0.3) is 0 Å². The highest BCUT2D eigenvalue weighted by Gasteiger charge is 2.28. The molecule has 1 aromatic carbocycles. The highest BCUT2D eigenvalue weighted by atomic mass is 35.5. The molecule has 1 saturated heterocycles. The summed E-state index contributed by atoms with van der Waals surface area (Å²) in [6.45, 7) is 4.20. The number of hydrogen-bond donors (Lipinski definition) is 1. The van der Waals surface area contributed by atoms with Gasteiger partial charge in [0.25, 0.3) is 0 Å². The first-order chi connectivity index (χ1) is 9.24. The molecular formula is C14H16ClN3O. The van der Waals surface area contributed by atoms with Crippen molar-refractivity contribution < 1.29 is 4.52 Å². The van der Waals surface area contributed by atoms with Crippen LogP contribution in [0, 0.1) is 5.92 Å². The lowest BCUT2D eigenvalue weighted by Gasteiger charge is -2.30. The van der Waals surface area contributed by atoms with E-state index in [1.807, 2.05) is 24.3 Å². The number of rotatable bonds is 4. The first-order valence-electron chi connectivity index (χ1n) is 6.50. The van der Waals surface area contributed by atoms with Crippen LogP contribution < -0.4 is 5.32 Å². The van der Waals surface area contributed by atoms with Crippen LogP contribution in [0.2, 0.25) is 5.02 Å². The summed E-state index contributed by atoms with van der Waals surface area (Å²) < 4.78 is 5.36. The van der Waals surface area contributed by atoms with E-state index < -0.39 is 0 Å². The van der Waals surface area contributed by atoms with Crippen molar-refractivity contribution in [3.8, 4) is 0 Å². The number of nitrogens with zero attached hydrogens (tertiary/aromatic N) is 2. The van der Waals surface area contributed by atoms with Crippen molar-refractivity contribution in [2.75, 3.05) is 13.1 Å². The fourth-order valence-electron chi connectivity index (χ4n) is 2.20. The minimum absolute atomic E-state index is 0.314. The van der Waals surface area contributed by atoms with Crippen LogP contribution in [0.5, 0.6) is 0 Å². The maximum Gasteiger partial charge on any atom is 0.229 e. The van der Waals surface area contributed by atoms with Crippen LogP contribution in [-0.4, -0.2) is 23.2 Å². The van der Waals surface area contributed by atoms with Crippen molar-refractivity contribution in [2.45, 2.75) is 19.3 Å². The topological polar surface area (TPSA) is 51.0 Å². The van der Waals surface area contributed by atoms with Gasteiger partial charge in [0, 0.05) is 17.4 Å². The van der Waals surface area contributed by atoms with Crippen molar-refractivity contribution >= 4 is 11.6 Å². The van der Waals surface area contributed by atoms with E-state index in [9.17, 15) is 0 Å². The standard InChI is InChI=1S/C14H16ClN3O/c1-9(11-7-16-8-11)14-17-13(18-19-14)6-10-4-2-3-5-12(10)15/h2-5,9,11,16H,6-8H2,1H3. The smallest absolute Gasteiger partial charge is 0.229 e. The van der Waals surface area contributed by atoms with E-state index in [-0.39, 0.29) is 0 Å². The van der Waals surface area contributed by atoms with Gasteiger partial charge in [0.2, 0.25) is 5.89 Å². The Balaban J connectivity index is 1.72. The lowest BCUT2D eigenvalue weighted by atomic mass is 9.89. The molecule has 1 N–H and O–H groups in total. The summed E-state index contributed by atoms with van der Waals surface area (Å²) in [5.41, 5.74) is 1.02. The average molecular weight is 278 g/mol. The molecule has 1 aromatic heterocycles. The summed E-state index contributed by atoms with van der Waals surface area (Å²) >= 11 is 6.13. The van der Waals surface area contributed by atoms with Crippen molar-refractivity contribution in [3.63, 3.8) is 0 Å². The van der Waals surface area contributed by atoms with Gasteiger partial charge in [-0.3, -0.25) is 0 Å². The van der Waals surface area contributed by atoms with Crippen molar-refractivity contribution in [1.82, 2.24) is 15.5 Å². The van der Waals surface area contributed by atoms with Crippen molar-refractivity contribution in [1.29, 1.82) is 0 Å². The Morgan fingerprint density at radius 3 is 2.89 bits per heavy atom. The highest BCUT2D eigenvalue weighted by molar-refractivity contribution is 6.31. The third-order valence-corrected chi connectivity index (χ3v) is 4.07. The second-order valence-electron chi connectivity index (χ2n) is 5.02. The van der Waals surface area contributed by atoms with E-state index in [1.165, 1.54) is 0 Å². The fraction of sp³-hybridized carbons (Fsp3) is 0.429. The zero-order valence-corrected chi connectivity index (χ0v) is 11.5. The fourth-order valence-corrected chi connectivity index (χ4v) is 2.41. The summed E-state index contributed by atoms with van der Waals surface area (Å²) in [7, 11) is 0. The van der Waals surface area contributed by atoms with Crippen LogP contribution in [0.3, 0.4) is 0 Å². The average Bonchev–Trinajstić information content (AvgIpc) is 2.78. The van der Waals surface area contributed by atoms with Gasteiger partial charge in [0.05, 0.1) is 0 Å². The van der Waals surface area contributed by atoms with E-state index in [1.54, 1.807) is 0 Å². The van der Waals surface area contributed by atoms with E-state index in [0.29, 0.717) is 24.1 Å². The van der Waals surface area contributed by atoms with Gasteiger partial charge in [0.15, 0.2) is 5.82 Å². The quantitative estimate of drug-likeness (QED) is 0.933. The third-order valence-electron chi connectivity index (χ3n) is 3.70. The molecule has 1 aliphatic rings. The second-order valence-corrected chi connectivity index (χ2v) is 5.43. The van der Waals surface area contributed by atoms with Gasteiger partial charge in [-0.1, -0.05) is 41.9 Å². The molecule has 1 unspecified atom stereocenters. The molecule has 0 spiro atoms. The summed E-state index contributed by atoms with van der Waals surface area (Å²) in [5.74, 6) is 2.35. The molecule has 3 rings (SSSR count). The van der Waals surface area contributed by atoms with E-state index in [2.05, 4.69) is 22.4 Å². The Morgan fingerprint density at radius 1 is 1.42 bits per heavy atom. The first-order valence-corrected chi connectivity index (χ1v) is 6.88. The Hall–Kier alpha value is -1.39. The first kappa shape index (κ1) is 12.6. The number of hydrogen-bond acceptors (Lipinski definition) is 4. The zero-order valence-electron chi connectivity index (χ0n) is 10.8. The van der Waals surface area contributed by atoms with Gasteiger partial charge in [0.1, 0.15) is 0 Å². The van der Waals surface area contributed by atoms with Gasteiger partial charge < -0.3 is 9.84 Å². The van der Waals surface area contributed by atoms with Gasteiger partial charge in [-0.05, 0) is 30.6 Å². The van der Waals surface area contributed by atoms with E-state index in [4.69, 9.17) is 16.1 Å². The lowest BCUT2D eigenvalue weighted by molar-refractivity contribution is 0.252. The summed E-state index contributed by atoms with van der Waals surface area (Å²) in [4.78, 5) is 4.49. The molecule has 1 atom stereocenters. The van der Waals surface area contributed by atoms with Crippen LogP contribution in [0.4, 0.5) is 0 Å². The monoisotopic (exact) mass is 277 g/mol. The zero-order chi connectivity index (χ0) is 13.2. The molecule has 0 radical (unpaired) electrons. The predicted molar refractivity (Wildman–Crippen MR) is 73.3 cm³/mol. The molecule has 5 heteroatoms. The van der Waals surface area contributed by atoms with E-state index >= 15 is 0 Å². The third kappa shape index (κ3) is 2.65. The number of benzene rings is 1. The summed E-state index contributed by atoms with van der Waals surface area (Å²) in [6, 6.07) is 7.74. The molecule has 0 amide bonds. The largest absolute Gasteiger partial charge is 0.339 e. The summed E-state index contributed by atoms with van der Waals surface area (Å²) in [6.07, 6.45) is 0.610. The molecule has 1 fully saturated rings. The van der Waals surface area contributed by atoms with Gasteiger partial charge in [-0.25, -0.2) is 0 Å². The molecule has 1 aliphatic heterocycles. The molecule has 0 aliphatic carbocycles. The normalized spacial score (nSPS) is 17.2. The van der Waals surface area contributed by atoms with Gasteiger partial charge >= 0.3 is 0 Å². The molecule has 19 heavy (non-hydrogen) atoms. The van der Waals surface area contributed by atoms with E-state index in [0.717, 1.165) is 29.6 Å². The number of halogens is 1. The molecular weight excluding hydrogens is 262 g/mol. The molecule has 100 valence electrons. The maximum atomic E-state index is 6.13. The molecule has 0 bridgehead atoms. The Kier molecular flexibility index (Phi) is 3.53. The van der Waals surface area contributed by atoms with Crippen molar-refractivity contribution in [2.24, 2.45) is 5.92 Å². The van der Waals surface area contributed by atoms with Crippen LogP contribution in [0.15, 0.2) is 28.8 Å². The van der Waals surface area contributed by atoms with Crippen LogP contribution in [-0.2, 0) is 6.42 Å². The molecule has 0 saturated carbocycles. The predicted octanol–water partition coefficient (Wildman–Crippen LogP) is 2.64. The lowest BCUT2D eigenvalue weighted by Crippen LogP contribution is -2.44. The second kappa shape index (κ2) is 5.31. The van der Waals surface area contributed by atoms with Crippen LogP contribution >= 0.6 is 11.6 Å². The summed E-state index contributed by atoms with van der Waals surface area (Å²) in [5, 5.41) is 8.05. The van der Waals surface area contributed by atoms with Crippen LogP contribution in [0.1, 0.15) is 30.1 Å². The number of nitrogens with one attached hydrogen (secondary N) is 1. The Labute approximate surface area is 117 Å². The molecule has 2 aromatic rings. The maximum absolute atomic E-state index is 6.13. The Bertz CT molecular complexity index is 565. The Morgan fingerprint density at radius 2 is 2.21 bits per heavy atom. The SMILES string of the molecule is CC(c1nc(Cc2ccccc2Cl)no1)C1CNC1. The number of aromatic nitrogens is 2. The minimum Gasteiger partial charge on any atom is -0.339 e. The molecule has 2 heterocycles. The van der Waals surface area contributed by atoms with Gasteiger partial charge in [-0.2, -0.15) is 4.98 Å². The highest BCUT2D eigenvalue weighted by Crippen LogP contribution is 2.26.